The molecule has 7 nitrogen and oxygen atoms in total. The molecule has 0 unspecified atom stereocenters. The van der Waals surface area contributed by atoms with Crippen molar-refractivity contribution in [2.75, 3.05) is 16.3 Å². The summed E-state index contributed by atoms with van der Waals surface area (Å²) in [6.07, 6.45) is 3.25. The molecule has 2 aromatic rings. The highest BCUT2D eigenvalue weighted by Crippen LogP contribution is 2.40. The summed E-state index contributed by atoms with van der Waals surface area (Å²) in [5, 5.41) is 0.442. The van der Waals surface area contributed by atoms with Gasteiger partial charge in [0.1, 0.15) is 5.75 Å². The van der Waals surface area contributed by atoms with Crippen LogP contribution in [0.15, 0.2) is 60.2 Å². The van der Waals surface area contributed by atoms with Gasteiger partial charge in [-0.05, 0) is 56.2 Å². The number of nitrogens with zero attached hydrogens (tertiary/aromatic N) is 2. The second-order valence-corrected chi connectivity index (χ2v) is 9.39. The second-order valence-electron chi connectivity index (χ2n) is 8.99. The van der Waals surface area contributed by atoms with Gasteiger partial charge in [0, 0.05) is 13.0 Å². The van der Waals surface area contributed by atoms with E-state index in [-0.39, 0.29) is 48.3 Å². The minimum atomic E-state index is -0.621. The lowest BCUT2D eigenvalue weighted by molar-refractivity contribution is -0.139. The molecule has 0 saturated carbocycles. The smallest absolute Gasteiger partial charge is 0.316 e. The second kappa shape index (κ2) is 8.72. The summed E-state index contributed by atoms with van der Waals surface area (Å²) in [6.45, 7) is 2.16. The summed E-state index contributed by atoms with van der Waals surface area (Å²) in [7, 11) is 0. The lowest BCUT2D eigenvalue weighted by atomic mass is 9.82. The Morgan fingerprint density at radius 2 is 1.68 bits per heavy atom. The van der Waals surface area contributed by atoms with E-state index < -0.39 is 11.9 Å². The third-order valence-corrected chi connectivity index (χ3v) is 7.06. The van der Waals surface area contributed by atoms with Crippen molar-refractivity contribution in [2.45, 2.75) is 26.2 Å². The lowest BCUT2D eigenvalue weighted by Gasteiger charge is -2.18. The molecule has 3 aliphatic rings. The average molecular weight is 479 g/mol. The molecule has 2 aliphatic heterocycles. The quantitative estimate of drug-likeness (QED) is 0.285. The number of ether oxygens (including phenoxy) is 1. The molecule has 174 valence electrons. The van der Waals surface area contributed by atoms with Gasteiger partial charge in [0.2, 0.25) is 17.7 Å². The van der Waals surface area contributed by atoms with Crippen LogP contribution in [0.2, 0.25) is 5.02 Å². The van der Waals surface area contributed by atoms with Crippen LogP contribution in [0.5, 0.6) is 5.75 Å². The van der Waals surface area contributed by atoms with E-state index in [0.717, 1.165) is 5.57 Å². The average Bonchev–Trinajstić information content (AvgIpc) is 3.32. The molecule has 3 atom stereocenters. The monoisotopic (exact) mass is 478 g/mol. The van der Waals surface area contributed by atoms with E-state index in [0.29, 0.717) is 29.2 Å². The fraction of sp³-hybridized carbons (Fsp3) is 0.308. The number of hydrogen-bond acceptors (Lipinski definition) is 5. The van der Waals surface area contributed by atoms with E-state index in [9.17, 15) is 19.2 Å². The first-order valence-corrected chi connectivity index (χ1v) is 11.6. The van der Waals surface area contributed by atoms with Crippen molar-refractivity contribution in [3.05, 3.63) is 65.2 Å². The molecule has 2 fully saturated rings. The molecule has 0 radical (unpaired) electrons. The maximum atomic E-state index is 12.9. The Labute approximate surface area is 201 Å². The largest absolute Gasteiger partial charge is 0.426 e. The Kier molecular flexibility index (Phi) is 5.73. The van der Waals surface area contributed by atoms with Crippen LogP contribution < -0.4 is 14.5 Å². The van der Waals surface area contributed by atoms with Gasteiger partial charge >= 0.3 is 5.97 Å². The molecule has 2 saturated heterocycles. The number of carbonyl (C=O) groups is 4. The number of benzene rings is 2. The van der Waals surface area contributed by atoms with Crippen LogP contribution in [-0.2, 0) is 19.2 Å². The van der Waals surface area contributed by atoms with Gasteiger partial charge in [0.25, 0.3) is 0 Å². The number of imide groups is 1. The van der Waals surface area contributed by atoms with Crippen LogP contribution in [-0.4, -0.2) is 30.2 Å². The van der Waals surface area contributed by atoms with Crippen molar-refractivity contribution < 1.29 is 23.9 Å². The van der Waals surface area contributed by atoms with E-state index in [2.05, 4.69) is 0 Å². The van der Waals surface area contributed by atoms with Gasteiger partial charge < -0.3 is 9.64 Å². The normalized spacial score (nSPS) is 24.4. The summed E-state index contributed by atoms with van der Waals surface area (Å²) in [6, 6.07) is 13.3. The van der Waals surface area contributed by atoms with Gasteiger partial charge in [-0.1, -0.05) is 35.4 Å². The van der Waals surface area contributed by atoms with Gasteiger partial charge in [-0.15, -0.1) is 0 Å². The van der Waals surface area contributed by atoms with Crippen molar-refractivity contribution >= 4 is 46.7 Å². The summed E-state index contributed by atoms with van der Waals surface area (Å²) in [5.74, 6) is -2.04. The van der Waals surface area contributed by atoms with Crippen molar-refractivity contribution in [2.24, 2.45) is 17.8 Å². The molecule has 0 N–H and O–H groups in total. The highest BCUT2D eigenvalue weighted by Gasteiger charge is 2.48. The molecule has 5 rings (SSSR count). The molecular weight excluding hydrogens is 456 g/mol. The molecule has 3 amide bonds. The van der Waals surface area contributed by atoms with E-state index in [1.54, 1.807) is 48.5 Å². The summed E-state index contributed by atoms with van der Waals surface area (Å²) >= 11 is 6.20. The van der Waals surface area contributed by atoms with Crippen LogP contribution in [0.1, 0.15) is 26.2 Å². The van der Waals surface area contributed by atoms with Gasteiger partial charge in [0.15, 0.2) is 0 Å². The van der Waals surface area contributed by atoms with E-state index in [1.807, 2.05) is 13.0 Å². The van der Waals surface area contributed by atoms with Crippen molar-refractivity contribution in [3.63, 3.8) is 0 Å². The Morgan fingerprint density at radius 1 is 0.971 bits per heavy atom. The van der Waals surface area contributed by atoms with Gasteiger partial charge in [0.05, 0.1) is 34.2 Å². The minimum Gasteiger partial charge on any atom is -0.426 e. The standard InChI is InChI=1S/C26H23ClN2O5/c1-15-6-11-19-20(12-15)25(32)29(24(19)31)17-7-9-18(10-8-17)34-26(33)16-13-23(30)28(14-16)22-5-3-2-4-21(22)27/h2-10,16,19-20H,11-14H2,1H3/t16-,19+,20+/m1/s1. The number of carbonyl (C=O) groups excluding carboxylic acids is 4. The predicted octanol–water partition coefficient (Wildman–Crippen LogP) is 4.14. The topological polar surface area (TPSA) is 84.0 Å². The Bertz CT molecular complexity index is 1220. The zero-order chi connectivity index (χ0) is 24.0. The summed E-state index contributed by atoms with van der Waals surface area (Å²) < 4.78 is 5.49. The zero-order valence-corrected chi connectivity index (χ0v) is 19.3. The Morgan fingerprint density at radius 3 is 2.41 bits per heavy atom. The third kappa shape index (κ3) is 3.90. The number of rotatable bonds is 4. The molecule has 1 aliphatic carbocycles. The molecule has 8 heteroatoms. The van der Waals surface area contributed by atoms with Crippen molar-refractivity contribution in [1.82, 2.24) is 0 Å². The fourth-order valence-corrected chi connectivity index (χ4v) is 5.16. The molecule has 2 heterocycles. The number of hydrogen-bond donors (Lipinski definition) is 0. The Balaban J connectivity index is 1.25. The highest BCUT2D eigenvalue weighted by atomic mass is 35.5. The number of allylic oxidation sites excluding steroid dienone is 2. The van der Waals surface area contributed by atoms with Crippen LogP contribution >= 0.6 is 11.6 Å². The van der Waals surface area contributed by atoms with E-state index in [4.69, 9.17) is 16.3 Å². The summed E-state index contributed by atoms with van der Waals surface area (Å²) in [5.41, 5.74) is 2.16. The van der Waals surface area contributed by atoms with Crippen molar-refractivity contribution in [1.29, 1.82) is 0 Å². The number of para-hydroxylation sites is 1. The van der Waals surface area contributed by atoms with Crippen LogP contribution in [0.3, 0.4) is 0 Å². The molecule has 0 bridgehead atoms. The molecule has 0 aromatic heterocycles. The SMILES string of the molecule is CC1=CC[C@@H]2C(=O)N(c3ccc(OC(=O)[C@@H]4CC(=O)N(c5ccccc5Cl)C4)cc3)C(=O)[C@H]2C1. The first-order chi connectivity index (χ1) is 16.3. The predicted molar refractivity (Wildman–Crippen MR) is 126 cm³/mol. The fourth-order valence-electron chi connectivity index (χ4n) is 4.92. The van der Waals surface area contributed by atoms with Crippen LogP contribution in [0.4, 0.5) is 11.4 Å². The molecular formula is C26H23ClN2O5. The maximum absolute atomic E-state index is 12.9. The van der Waals surface area contributed by atoms with E-state index >= 15 is 0 Å². The first kappa shape index (κ1) is 22.3. The van der Waals surface area contributed by atoms with Gasteiger partial charge in [-0.3, -0.25) is 24.1 Å². The van der Waals surface area contributed by atoms with Gasteiger partial charge in [-0.25, -0.2) is 0 Å². The minimum absolute atomic E-state index is 0.0369. The molecule has 34 heavy (non-hydrogen) atoms. The van der Waals surface area contributed by atoms with Crippen LogP contribution in [0.25, 0.3) is 0 Å². The number of halogens is 1. The van der Waals surface area contributed by atoms with E-state index in [1.165, 1.54) is 9.80 Å². The van der Waals surface area contributed by atoms with Crippen LogP contribution in [0, 0.1) is 17.8 Å². The molecule has 0 spiro atoms. The number of fused-ring (bicyclic) bond motifs is 1. The highest BCUT2D eigenvalue weighted by molar-refractivity contribution is 6.34. The number of esters is 1. The third-order valence-electron chi connectivity index (χ3n) is 6.74. The Hall–Kier alpha value is -3.45. The zero-order valence-electron chi connectivity index (χ0n) is 18.6. The maximum Gasteiger partial charge on any atom is 0.316 e. The first-order valence-electron chi connectivity index (χ1n) is 11.2. The van der Waals surface area contributed by atoms with Crippen molar-refractivity contribution in [3.8, 4) is 5.75 Å². The lowest BCUT2D eigenvalue weighted by Crippen LogP contribution is -2.30. The number of amides is 3. The number of anilines is 2. The summed E-state index contributed by atoms with van der Waals surface area (Å²) in [4.78, 5) is 53.6. The van der Waals surface area contributed by atoms with Gasteiger partial charge in [-0.2, -0.15) is 0 Å². The molecule has 2 aromatic carbocycles.